The first kappa shape index (κ1) is 35.4. The number of amides is 4. The van der Waals surface area contributed by atoms with Gasteiger partial charge in [0.2, 0.25) is 0 Å². The Morgan fingerprint density at radius 3 is 2.20 bits per heavy atom. The van der Waals surface area contributed by atoms with E-state index in [1.54, 1.807) is 21.9 Å². The van der Waals surface area contributed by atoms with Gasteiger partial charge in [0.05, 0.1) is 4.47 Å². The van der Waals surface area contributed by atoms with E-state index in [0.717, 1.165) is 48.9 Å². The Balaban J connectivity index is 1.06. The Labute approximate surface area is 296 Å². The van der Waals surface area contributed by atoms with Crippen LogP contribution >= 0.6 is 15.9 Å². The summed E-state index contributed by atoms with van der Waals surface area (Å²) in [6.45, 7) is 3.29. The average Bonchev–Trinajstić information content (AvgIpc) is 3.27. The fourth-order valence-electron chi connectivity index (χ4n) is 7.76. The third kappa shape index (κ3) is 8.50. The second kappa shape index (κ2) is 15.2. The van der Waals surface area contributed by atoms with Crippen LogP contribution in [-0.2, 0) is 32.6 Å². The van der Waals surface area contributed by atoms with Gasteiger partial charge >= 0.3 is 12.1 Å². The molecule has 4 N–H and O–H groups in total. The second-order valence-electron chi connectivity index (χ2n) is 13.6. The zero-order valence-electron chi connectivity index (χ0n) is 27.5. The number of nitrogens with two attached hydrogens (primary N) is 1. The molecule has 0 unspecified atom stereocenters. The minimum Gasteiger partial charge on any atom is -0.507 e. The van der Waals surface area contributed by atoms with Crippen molar-refractivity contribution in [3.8, 4) is 5.75 Å². The van der Waals surface area contributed by atoms with E-state index in [4.69, 9.17) is 9.88 Å². The number of anilines is 1. The fraction of sp³-hybridized carbons (Fsp3) is 0.559. The molecule has 4 amide bonds. The molecule has 0 spiro atoms. The van der Waals surface area contributed by atoms with Gasteiger partial charge in [0, 0.05) is 64.0 Å². The van der Waals surface area contributed by atoms with E-state index in [1.807, 2.05) is 29.2 Å². The third-order valence-corrected chi connectivity index (χ3v) is 12.4. The van der Waals surface area contributed by atoms with Crippen molar-refractivity contribution in [2.45, 2.75) is 63.5 Å². The largest absolute Gasteiger partial charge is 0.507 e. The zero-order chi connectivity index (χ0) is 34.7. The molecule has 266 valence electrons. The second-order valence-corrected chi connectivity index (χ2v) is 16.0. The van der Waals surface area contributed by atoms with Gasteiger partial charge in [-0.05, 0) is 102 Å². The summed E-state index contributed by atoms with van der Waals surface area (Å²) in [4.78, 5) is 45.8. The number of hydrogen-bond donors (Lipinski definition) is 3. The Kier molecular flexibility index (Phi) is 11.0. The Morgan fingerprint density at radius 2 is 1.55 bits per heavy atom. The van der Waals surface area contributed by atoms with Crippen LogP contribution in [0.25, 0.3) is 0 Å². The first-order chi connectivity index (χ1) is 23.5. The van der Waals surface area contributed by atoms with Crippen molar-refractivity contribution in [1.29, 1.82) is 0 Å². The highest BCUT2D eigenvalue weighted by Crippen LogP contribution is 2.34. The number of benzene rings is 2. The lowest BCUT2D eigenvalue weighted by molar-refractivity contribution is -0.142. The zero-order valence-corrected chi connectivity index (χ0v) is 29.9. The molecule has 3 saturated heterocycles. The number of urea groups is 1. The fourth-order valence-corrected chi connectivity index (χ4v) is 8.91. The molecular weight excluding hydrogens is 716 g/mol. The number of phenolic OH excluding ortho intramolecular Hbond substituents is 1. The van der Waals surface area contributed by atoms with E-state index in [-0.39, 0.29) is 30.2 Å². The molecule has 4 aliphatic rings. The van der Waals surface area contributed by atoms with Crippen LogP contribution in [0.4, 0.5) is 15.3 Å². The number of halogens is 1. The molecule has 49 heavy (non-hydrogen) atoms. The maximum Gasteiger partial charge on any atom is 0.410 e. The number of carbonyl (C=O) groups excluding carboxylic acids is 3. The van der Waals surface area contributed by atoms with E-state index in [0.29, 0.717) is 75.0 Å². The van der Waals surface area contributed by atoms with E-state index in [9.17, 15) is 27.9 Å². The van der Waals surface area contributed by atoms with Crippen LogP contribution in [0.1, 0.15) is 49.7 Å². The van der Waals surface area contributed by atoms with E-state index < -0.39 is 22.4 Å². The number of fused-ring (bicyclic) bond motifs is 1. The topological polar surface area (TPSA) is 166 Å². The monoisotopic (exact) mass is 760 g/mol. The van der Waals surface area contributed by atoms with E-state index in [2.05, 4.69) is 21.2 Å². The van der Waals surface area contributed by atoms with Crippen molar-refractivity contribution < 1.29 is 32.6 Å². The first-order valence-electron chi connectivity index (χ1n) is 17.1. The summed E-state index contributed by atoms with van der Waals surface area (Å²) in [7, 11) is -3.68. The van der Waals surface area contributed by atoms with Crippen LogP contribution in [0.2, 0.25) is 0 Å². The van der Waals surface area contributed by atoms with Gasteiger partial charge in [-0.3, -0.25) is 4.79 Å². The number of nitrogens with zero attached hydrogens (tertiary/aromatic N) is 4. The number of ether oxygens (including phenoxy) is 1. The summed E-state index contributed by atoms with van der Waals surface area (Å²) >= 11 is 3.34. The predicted octanol–water partition coefficient (Wildman–Crippen LogP) is 3.91. The van der Waals surface area contributed by atoms with Crippen molar-refractivity contribution in [3.05, 3.63) is 58.1 Å². The van der Waals surface area contributed by atoms with Gasteiger partial charge in [-0.15, -0.1) is 0 Å². The molecule has 3 fully saturated rings. The van der Waals surface area contributed by atoms with Crippen molar-refractivity contribution in [1.82, 2.24) is 19.0 Å². The maximum atomic E-state index is 14.0. The van der Waals surface area contributed by atoms with Crippen LogP contribution in [-0.4, -0.2) is 109 Å². The molecule has 2 aromatic rings. The molecule has 6 rings (SSSR count). The van der Waals surface area contributed by atoms with Crippen LogP contribution < -0.4 is 10.5 Å². The summed E-state index contributed by atoms with van der Waals surface area (Å²) in [5.41, 5.74) is 2.67. The van der Waals surface area contributed by atoms with Gasteiger partial charge in [-0.2, -0.15) is 12.7 Å². The SMILES string of the molecule is NS(=O)(=O)N1CCC(C2CCN(C(=O)[C@@H](Cc3ccc(O)c(Br)c3)OC(=O)N3CCC(N4CCc5ccccc5NC4=O)CC3)CC2)CC1. The molecule has 0 radical (unpaired) electrons. The van der Waals surface area contributed by atoms with Gasteiger partial charge in [-0.25, -0.2) is 14.7 Å². The Morgan fingerprint density at radius 1 is 0.918 bits per heavy atom. The maximum absolute atomic E-state index is 14.0. The van der Waals surface area contributed by atoms with Crippen molar-refractivity contribution in [3.63, 3.8) is 0 Å². The number of piperidine rings is 3. The highest BCUT2D eigenvalue weighted by molar-refractivity contribution is 9.10. The molecule has 1 atom stereocenters. The number of likely N-dealkylation sites (tertiary alicyclic amines) is 2. The number of rotatable bonds is 7. The van der Waals surface area contributed by atoms with Gasteiger partial charge in [0.1, 0.15) is 5.75 Å². The van der Waals surface area contributed by atoms with Crippen molar-refractivity contribution >= 4 is 49.9 Å². The summed E-state index contributed by atoms with van der Waals surface area (Å²) in [6, 6.07) is 12.6. The van der Waals surface area contributed by atoms with Gasteiger partial charge in [-0.1, -0.05) is 24.3 Å². The highest BCUT2D eigenvalue weighted by Gasteiger charge is 2.37. The summed E-state index contributed by atoms with van der Waals surface area (Å²) in [5, 5.41) is 18.3. The lowest BCUT2D eigenvalue weighted by Crippen LogP contribution is -2.52. The molecule has 4 heterocycles. The quantitative estimate of drug-likeness (QED) is 0.385. The van der Waals surface area contributed by atoms with E-state index in [1.165, 1.54) is 10.4 Å². The Bertz CT molecular complexity index is 1640. The predicted molar refractivity (Wildman–Crippen MR) is 187 cm³/mol. The van der Waals surface area contributed by atoms with Gasteiger partial charge in [0.15, 0.2) is 6.10 Å². The van der Waals surface area contributed by atoms with Crippen LogP contribution in [0.15, 0.2) is 46.9 Å². The normalized spacial score (nSPS) is 21.1. The number of aromatic hydroxyl groups is 1. The molecule has 0 aromatic heterocycles. The molecule has 4 aliphatic heterocycles. The van der Waals surface area contributed by atoms with Crippen LogP contribution in [0, 0.1) is 11.8 Å². The minimum absolute atomic E-state index is 0.0154. The summed E-state index contributed by atoms with van der Waals surface area (Å²) in [6.07, 6.45) is 3.59. The number of hydrogen-bond acceptors (Lipinski definition) is 7. The standard InChI is InChI=1S/C34H45BrN6O7S/c35-28-21-23(5-6-30(28)42)22-31(32(43)38-14-7-24(8-15-38)25-9-18-40(19-10-25)49(36,46)47)48-34(45)39-16-12-27(13-17-39)41-20-11-26-3-1-2-4-29(26)37-33(41)44/h1-6,21,24-25,27,31,42H,7-20,22H2,(H,37,44)(H2,36,46,47)/t31-/m1/s1. The molecular formula is C34H45BrN6O7S. The molecule has 2 aromatic carbocycles. The number of phenols is 1. The van der Waals surface area contributed by atoms with Crippen LogP contribution in [0.5, 0.6) is 5.75 Å². The summed E-state index contributed by atoms with van der Waals surface area (Å²) < 4.78 is 31.2. The van der Waals surface area contributed by atoms with Crippen molar-refractivity contribution in [2.24, 2.45) is 17.0 Å². The molecule has 0 bridgehead atoms. The van der Waals surface area contributed by atoms with Crippen LogP contribution in [0.3, 0.4) is 0 Å². The molecule has 15 heteroatoms. The number of carbonyl (C=O) groups is 3. The smallest absolute Gasteiger partial charge is 0.410 e. The van der Waals surface area contributed by atoms with Gasteiger partial charge < -0.3 is 29.9 Å². The van der Waals surface area contributed by atoms with E-state index >= 15 is 0 Å². The number of para-hydroxylation sites is 1. The lowest BCUT2D eigenvalue weighted by atomic mass is 9.79. The first-order valence-corrected chi connectivity index (χ1v) is 19.4. The summed E-state index contributed by atoms with van der Waals surface area (Å²) in [5.74, 6) is 0.570. The minimum atomic E-state index is -3.68. The molecule has 13 nitrogen and oxygen atoms in total. The molecule has 0 saturated carbocycles. The highest BCUT2D eigenvalue weighted by atomic mass is 79.9. The molecule has 0 aliphatic carbocycles. The average molecular weight is 762 g/mol. The third-order valence-electron chi connectivity index (χ3n) is 10.6. The number of nitrogens with one attached hydrogen (secondary N) is 1. The van der Waals surface area contributed by atoms with Crippen molar-refractivity contribution in [2.75, 3.05) is 51.1 Å². The Hall–Kier alpha value is -3.40. The van der Waals surface area contributed by atoms with Gasteiger partial charge in [0.25, 0.3) is 16.1 Å². The lowest BCUT2D eigenvalue weighted by Gasteiger charge is -2.40.